The number of ether oxygens (including phenoxy) is 2. The van der Waals surface area contributed by atoms with Crippen LogP contribution in [-0.4, -0.2) is 144 Å². The van der Waals surface area contributed by atoms with Crippen LogP contribution >= 0.6 is 0 Å². The summed E-state index contributed by atoms with van der Waals surface area (Å²) in [5.74, 6) is -4.66. The van der Waals surface area contributed by atoms with Crippen LogP contribution < -0.4 is 10.6 Å². The third-order valence-corrected chi connectivity index (χ3v) is 12.7. The molecule has 1 fully saturated rings. The molecule has 350 valence electrons. The Hall–Kier alpha value is -4.86. The van der Waals surface area contributed by atoms with Crippen LogP contribution in [0.3, 0.4) is 0 Å². The number of hydrogen-bond donors (Lipinski definition) is 4. The molecule has 3 rings (SSSR count). The zero-order valence-electron chi connectivity index (χ0n) is 39.2. The number of rotatable bonds is 25. The first-order valence-electron chi connectivity index (χ1n) is 22.3. The van der Waals surface area contributed by atoms with Gasteiger partial charge in [0, 0.05) is 40.8 Å². The van der Waals surface area contributed by atoms with Gasteiger partial charge >= 0.3 is 11.9 Å². The molecule has 0 saturated carbocycles. The number of carbonyl (C=O) groups excluding carboxylic acids is 4. The van der Waals surface area contributed by atoms with Crippen LogP contribution in [0.4, 0.5) is 0 Å². The van der Waals surface area contributed by atoms with E-state index in [0.29, 0.717) is 38.8 Å². The molecule has 1 saturated heterocycles. The second kappa shape index (κ2) is 24.8. The average Bonchev–Trinajstić information content (AvgIpc) is 3.74. The van der Waals surface area contributed by atoms with Crippen molar-refractivity contribution in [3.63, 3.8) is 0 Å². The van der Waals surface area contributed by atoms with Crippen molar-refractivity contribution >= 4 is 35.6 Å². The standard InChI is InChI=1S/C48H73N5O10/c1-12-31(6)42(52(9)46(57)40(29(2)3)50-45(56)41(30(4)5)51(8)26-24-33-20-22-35(23-21-33)47(58)59)38(62-10)28-39(54)53-25-16-19-37(53)43(63-11)32(7)44(55)49-36(48(60)61)27-34-17-14-13-15-18-34/h13-15,17-18,20-23,29-32,36-38,40-43H,12,16,19,24-28H2,1-11H3,(H,49,55)(H,50,56)(H,58,59)(H,60,61)/t31-,32+,36-,37-,38+,40?,41-,42-,43+/m0/s1. The van der Waals surface area contributed by atoms with Gasteiger partial charge in [-0.15, -0.1) is 0 Å². The summed E-state index contributed by atoms with van der Waals surface area (Å²) >= 11 is 0. The molecule has 0 aliphatic carbocycles. The summed E-state index contributed by atoms with van der Waals surface area (Å²) in [4.78, 5) is 85.2. The van der Waals surface area contributed by atoms with E-state index >= 15 is 0 Å². The molecule has 0 spiro atoms. The zero-order valence-corrected chi connectivity index (χ0v) is 39.2. The highest BCUT2D eigenvalue weighted by Crippen LogP contribution is 2.30. The fraction of sp³-hybridized carbons (Fsp3) is 0.625. The van der Waals surface area contributed by atoms with Crippen LogP contribution in [0, 0.1) is 23.7 Å². The molecule has 0 aromatic heterocycles. The molecule has 1 unspecified atom stereocenters. The third kappa shape index (κ3) is 14.3. The summed E-state index contributed by atoms with van der Waals surface area (Å²) in [6.07, 6.45) is 1.19. The van der Waals surface area contributed by atoms with Crippen molar-refractivity contribution in [2.45, 2.75) is 129 Å². The number of hydrogen-bond acceptors (Lipinski definition) is 9. The number of methoxy groups -OCH3 is 2. The van der Waals surface area contributed by atoms with Crippen LogP contribution in [0.5, 0.6) is 0 Å². The number of carboxylic acids is 2. The smallest absolute Gasteiger partial charge is 0.335 e. The summed E-state index contributed by atoms with van der Waals surface area (Å²) in [5.41, 5.74) is 1.92. The first-order chi connectivity index (χ1) is 29.8. The van der Waals surface area contributed by atoms with E-state index in [9.17, 15) is 39.0 Å². The van der Waals surface area contributed by atoms with Crippen molar-refractivity contribution < 1.29 is 48.5 Å². The molecule has 0 bridgehead atoms. The fourth-order valence-corrected chi connectivity index (χ4v) is 8.90. The number of likely N-dealkylation sites (tertiary alicyclic amines) is 1. The highest BCUT2D eigenvalue weighted by molar-refractivity contribution is 5.90. The minimum atomic E-state index is -1.15. The number of carboxylic acid groups (broad SMARTS) is 2. The molecule has 1 heterocycles. The van der Waals surface area contributed by atoms with Crippen molar-refractivity contribution in [3.8, 4) is 0 Å². The maximum absolute atomic E-state index is 14.5. The minimum absolute atomic E-state index is 0.0488. The van der Waals surface area contributed by atoms with Crippen molar-refractivity contribution in [2.24, 2.45) is 23.7 Å². The quantitative estimate of drug-likeness (QED) is 0.108. The number of nitrogens with one attached hydrogen (secondary N) is 2. The Kier molecular flexibility index (Phi) is 20.7. The van der Waals surface area contributed by atoms with Gasteiger partial charge in [-0.3, -0.25) is 24.1 Å². The highest BCUT2D eigenvalue weighted by Gasteiger charge is 2.43. The van der Waals surface area contributed by atoms with Gasteiger partial charge < -0.3 is 40.1 Å². The zero-order chi connectivity index (χ0) is 47.1. The van der Waals surface area contributed by atoms with Crippen LogP contribution in [0.1, 0.15) is 95.6 Å². The maximum atomic E-state index is 14.5. The summed E-state index contributed by atoms with van der Waals surface area (Å²) in [6, 6.07) is 12.2. The van der Waals surface area contributed by atoms with E-state index in [1.165, 1.54) is 14.2 Å². The van der Waals surface area contributed by atoms with Gasteiger partial charge in [0.2, 0.25) is 23.6 Å². The Morgan fingerprint density at radius 3 is 1.98 bits per heavy atom. The van der Waals surface area contributed by atoms with E-state index in [2.05, 4.69) is 10.6 Å². The van der Waals surface area contributed by atoms with Crippen LogP contribution in [0.25, 0.3) is 0 Å². The lowest BCUT2D eigenvalue weighted by atomic mass is 9.89. The summed E-state index contributed by atoms with van der Waals surface area (Å²) < 4.78 is 11.9. The number of amides is 4. The first-order valence-corrected chi connectivity index (χ1v) is 22.3. The van der Waals surface area contributed by atoms with Crippen LogP contribution in [0.2, 0.25) is 0 Å². The van der Waals surface area contributed by atoms with Gasteiger partial charge in [0.05, 0.1) is 48.2 Å². The summed E-state index contributed by atoms with van der Waals surface area (Å²) in [7, 11) is 6.57. The molecule has 4 amide bonds. The predicted octanol–water partition coefficient (Wildman–Crippen LogP) is 4.76. The van der Waals surface area contributed by atoms with E-state index in [1.807, 2.05) is 71.7 Å². The second-order valence-corrected chi connectivity index (χ2v) is 17.8. The Labute approximate surface area is 374 Å². The van der Waals surface area contributed by atoms with E-state index in [-0.39, 0.29) is 53.9 Å². The molecule has 0 radical (unpaired) electrons. The second-order valence-electron chi connectivity index (χ2n) is 17.8. The van der Waals surface area contributed by atoms with E-state index in [0.717, 1.165) is 11.1 Å². The predicted molar refractivity (Wildman–Crippen MR) is 241 cm³/mol. The average molecular weight is 880 g/mol. The van der Waals surface area contributed by atoms with E-state index in [4.69, 9.17) is 9.47 Å². The minimum Gasteiger partial charge on any atom is -0.480 e. The molecule has 2 aromatic rings. The number of likely N-dealkylation sites (N-methyl/N-ethyl adjacent to an activating group) is 2. The molecule has 15 nitrogen and oxygen atoms in total. The molecule has 1 aliphatic rings. The van der Waals surface area contributed by atoms with Gasteiger partial charge in [0.1, 0.15) is 12.1 Å². The van der Waals surface area contributed by atoms with E-state index in [1.54, 1.807) is 60.2 Å². The number of benzene rings is 2. The molecule has 1 aliphatic heterocycles. The lowest BCUT2D eigenvalue weighted by molar-refractivity contribution is -0.148. The first kappa shape index (κ1) is 52.5. The molecular formula is C48H73N5O10. The Morgan fingerprint density at radius 2 is 1.46 bits per heavy atom. The Balaban J connectivity index is 1.76. The van der Waals surface area contributed by atoms with Gasteiger partial charge in [-0.25, -0.2) is 9.59 Å². The van der Waals surface area contributed by atoms with Gasteiger partial charge in [-0.05, 0) is 67.3 Å². The molecule has 9 atom stereocenters. The van der Waals surface area contributed by atoms with Crippen molar-refractivity contribution in [2.75, 3.05) is 41.4 Å². The number of carbonyl (C=O) groups is 6. The topological polar surface area (TPSA) is 195 Å². The molecule has 15 heteroatoms. The van der Waals surface area contributed by atoms with Crippen molar-refractivity contribution in [1.29, 1.82) is 0 Å². The third-order valence-electron chi connectivity index (χ3n) is 12.7. The molecule has 4 N–H and O–H groups in total. The normalized spacial score (nSPS) is 17.9. The van der Waals surface area contributed by atoms with E-state index < -0.39 is 66.2 Å². The number of nitrogens with zero attached hydrogens (tertiary/aromatic N) is 3. The van der Waals surface area contributed by atoms with Gasteiger partial charge in [-0.1, -0.05) is 97.4 Å². The number of aromatic carboxylic acids is 1. The van der Waals surface area contributed by atoms with Gasteiger partial charge in [0.15, 0.2) is 0 Å². The van der Waals surface area contributed by atoms with Gasteiger partial charge in [0.25, 0.3) is 0 Å². The SMILES string of the molecule is CC[C@H](C)[C@@H]([C@@H](CC(=O)N1CCC[C@H]1[C@H](OC)[C@@H](C)C(=O)N[C@@H](Cc1ccccc1)C(=O)O)OC)N(C)C(=O)C(NC(=O)[C@H](C(C)C)N(C)CCc1ccc(C(=O)O)cc1)C(C)C. The maximum Gasteiger partial charge on any atom is 0.335 e. The largest absolute Gasteiger partial charge is 0.480 e. The Morgan fingerprint density at radius 1 is 0.825 bits per heavy atom. The van der Waals surface area contributed by atoms with Crippen molar-refractivity contribution in [1.82, 2.24) is 25.3 Å². The lowest BCUT2D eigenvalue weighted by Crippen LogP contribution is -2.60. The monoisotopic (exact) mass is 880 g/mol. The van der Waals surface area contributed by atoms with Crippen molar-refractivity contribution in [3.05, 3.63) is 71.3 Å². The van der Waals surface area contributed by atoms with Crippen LogP contribution in [0.15, 0.2) is 54.6 Å². The molecule has 2 aromatic carbocycles. The summed E-state index contributed by atoms with van der Waals surface area (Å²) in [6.45, 7) is 14.3. The lowest BCUT2D eigenvalue weighted by Gasteiger charge is -2.41. The highest BCUT2D eigenvalue weighted by atomic mass is 16.5. The number of aliphatic carboxylic acids is 1. The van der Waals surface area contributed by atoms with Crippen LogP contribution in [-0.2, 0) is 46.3 Å². The fourth-order valence-electron chi connectivity index (χ4n) is 8.90. The van der Waals surface area contributed by atoms with Gasteiger partial charge in [-0.2, -0.15) is 0 Å². The Bertz CT molecular complexity index is 1810. The molecular weight excluding hydrogens is 807 g/mol. The summed E-state index contributed by atoms with van der Waals surface area (Å²) in [5, 5.41) is 24.9. The molecule has 63 heavy (non-hydrogen) atoms.